The maximum atomic E-state index is 2.42. The lowest BCUT2D eigenvalue weighted by Crippen LogP contribution is -2.72. The van der Waals surface area contributed by atoms with Crippen molar-refractivity contribution >= 4 is 5.69 Å². The van der Waals surface area contributed by atoms with Gasteiger partial charge in [-0.15, -0.1) is 0 Å². The van der Waals surface area contributed by atoms with E-state index in [1.807, 2.05) is 0 Å². The third-order valence-electron chi connectivity index (χ3n) is 5.27. The Morgan fingerprint density at radius 3 is 1.82 bits per heavy atom. The van der Waals surface area contributed by atoms with Gasteiger partial charge in [0.25, 0.3) is 0 Å². The van der Waals surface area contributed by atoms with Crippen molar-refractivity contribution in [2.24, 2.45) is 0 Å². The Hall–Kier alpha value is -0.820. The first-order valence-electron chi connectivity index (χ1n) is 6.74. The molecule has 1 aromatic carbocycles. The molecule has 0 unspecified atom stereocenters. The Morgan fingerprint density at radius 1 is 0.882 bits per heavy atom. The molecule has 1 aliphatic heterocycles. The number of likely N-dealkylation sites (tertiary alicyclic amines) is 1. The molecule has 0 aromatic heterocycles. The van der Waals surface area contributed by atoms with Crippen LogP contribution < -0.4 is 4.48 Å². The average Bonchev–Trinajstić information content (AvgIpc) is 2.26. The van der Waals surface area contributed by atoms with E-state index < -0.39 is 0 Å². The van der Waals surface area contributed by atoms with Gasteiger partial charge in [0, 0.05) is 12.8 Å². The van der Waals surface area contributed by atoms with Crippen LogP contribution in [0.1, 0.15) is 47.0 Å². The monoisotopic (exact) mass is 232 g/mol. The molecular weight excluding hydrogens is 206 g/mol. The fourth-order valence-corrected chi connectivity index (χ4v) is 3.65. The van der Waals surface area contributed by atoms with E-state index in [1.54, 1.807) is 0 Å². The lowest BCUT2D eigenvalue weighted by Gasteiger charge is -2.59. The van der Waals surface area contributed by atoms with Gasteiger partial charge >= 0.3 is 0 Å². The Labute approximate surface area is 106 Å². The highest BCUT2D eigenvalue weighted by Gasteiger charge is 2.54. The molecule has 1 heterocycles. The van der Waals surface area contributed by atoms with Gasteiger partial charge < -0.3 is 0 Å². The molecule has 1 fully saturated rings. The zero-order valence-electron chi connectivity index (χ0n) is 12.0. The van der Waals surface area contributed by atoms with Gasteiger partial charge in [-0.2, -0.15) is 0 Å². The first-order valence-corrected chi connectivity index (χ1v) is 6.74. The van der Waals surface area contributed by atoms with Crippen molar-refractivity contribution in [2.75, 3.05) is 7.05 Å². The molecule has 0 saturated carbocycles. The van der Waals surface area contributed by atoms with Gasteiger partial charge in [0.2, 0.25) is 0 Å². The zero-order valence-corrected chi connectivity index (χ0v) is 12.0. The minimum atomic E-state index is 0.309. The topological polar surface area (TPSA) is 0 Å². The van der Waals surface area contributed by atoms with E-state index in [0.29, 0.717) is 11.1 Å². The zero-order chi connectivity index (χ0) is 12.7. The normalized spacial score (nSPS) is 25.5. The number of rotatable bonds is 1. The number of piperidine rings is 1. The Morgan fingerprint density at radius 2 is 1.35 bits per heavy atom. The third-order valence-corrected chi connectivity index (χ3v) is 5.27. The van der Waals surface area contributed by atoms with Gasteiger partial charge in [0.1, 0.15) is 5.69 Å². The quantitative estimate of drug-likeness (QED) is 0.631. The number of quaternary nitrogens is 1. The van der Waals surface area contributed by atoms with E-state index in [9.17, 15) is 0 Å². The Bertz CT molecular complexity index is 373. The molecule has 1 aliphatic rings. The van der Waals surface area contributed by atoms with Crippen molar-refractivity contribution in [1.29, 1.82) is 0 Å². The van der Waals surface area contributed by atoms with Crippen molar-refractivity contribution in [2.45, 2.75) is 58.0 Å². The van der Waals surface area contributed by atoms with Crippen LogP contribution in [0.15, 0.2) is 30.3 Å². The predicted molar refractivity (Wildman–Crippen MR) is 76.2 cm³/mol. The van der Waals surface area contributed by atoms with Crippen LogP contribution in [0, 0.1) is 0 Å². The highest BCUT2D eigenvalue weighted by atomic mass is 15.4. The van der Waals surface area contributed by atoms with Gasteiger partial charge in [-0.25, -0.2) is 0 Å². The second-order valence-corrected chi connectivity index (χ2v) is 6.82. The van der Waals surface area contributed by atoms with E-state index in [-0.39, 0.29) is 0 Å². The SMILES string of the molecule is CC1(C)CCCC(C)(C)[N+]1(C)c1ccccc1. The summed E-state index contributed by atoms with van der Waals surface area (Å²) in [5.74, 6) is 0. The number of hydrogen-bond donors (Lipinski definition) is 0. The molecular formula is C16H26N+. The first kappa shape index (κ1) is 12.6. The van der Waals surface area contributed by atoms with Crippen molar-refractivity contribution in [1.82, 2.24) is 4.48 Å². The highest BCUT2D eigenvalue weighted by molar-refractivity contribution is 5.46. The summed E-state index contributed by atoms with van der Waals surface area (Å²) in [5, 5.41) is 0. The minimum Gasteiger partial charge on any atom is -0.285 e. The van der Waals surface area contributed by atoms with Crippen LogP contribution in [0.4, 0.5) is 5.69 Å². The second kappa shape index (κ2) is 3.84. The minimum absolute atomic E-state index is 0.309. The van der Waals surface area contributed by atoms with Crippen LogP contribution in [0.2, 0.25) is 0 Å². The lowest BCUT2D eigenvalue weighted by atomic mass is 9.76. The largest absolute Gasteiger partial charge is 0.285 e. The Kier molecular flexibility index (Phi) is 2.86. The van der Waals surface area contributed by atoms with E-state index >= 15 is 0 Å². The third kappa shape index (κ3) is 1.72. The van der Waals surface area contributed by atoms with Crippen LogP contribution in [-0.4, -0.2) is 18.1 Å². The van der Waals surface area contributed by atoms with Crippen LogP contribution in [0.5, 0.6) is 0 Å². The van der Waals surface area contributed by atoms with Gasteiger partial charge in [0.15, 0.2) is 0 Å². The summed E-state index contributed by atoms with van der Waals surface area (Å²) in [6.07, 6.45) is 3.96. The summed E-state index contributed by atoms with van der Waals surface area (Å²) >= 11 is 0. The van der Waals surface area contributed by atoms with Crippen LogP contribution in [-0.2, 0) is 0 Å². The van der Waals surface area contributed by atoms with Crippen molar-refractivity contribution in [3.63, 3.8) is 0 Å². The highest BCUT2D eigenvalue weighted by Crippen LogP contribution is 2.47. The Balaban J connectivity index is 2.57. The molecule has 1 aromatic rings. The molecule has 1 saturated heterocycles. The summed E-state index contributed by atoms with van der Waals surface area (Å²) < 4.78 is 1.04. The number of para-hydroxylation sites is 1. The second-order valence-electron chi connectivity index (χ2n) is 6.82. The summed E-state index contributed by atoms with van der Waals surface area (Å²) in [6, 6.07) is 11.0. The summed E-state index contributed by atoms with van der Waals surface area (Å²) in [6.45, 7) is 9.67. The molecule has 17 heavy (non-hydrogen) atoms. The molecule has 0 atom stereocenters. The maximum absolute atomic E-state index is 2.42. The van der Waals surface area contributed by atoms with E-state index in [0.717, 1.165) is 4.48 Å². The van der Waals surface area contributed by atoms with Crippen LogP contribution in [0.25, 0.3) is 0 Å². The number of nitrogens with zero attached hydrogens (tertiary/aromatic N) is 1. The maximum Gasteiger partial charge on any atom is 0.133 e. The molecule has 0 N–H and O–H groups in total. The standard InChI is InChI=1S/C16H26N/c1-15(2)12-9-13-16(3,4)17(15,5)14-10-7-6-8-11-14/h6-8,10-11H,9,12-13H2,1-5H3/q+1. The van der Waals surface area contributed by atoms with E-state index in [1.165, 1.54) is 24.9 Å². The molecule has 1 heteroatoms. The van der Waals surface area contributed by atoms with Gasteiger partial charge in [-0.1, -0.05) is 18.2 Å². The van der Waals surface area contributed by atoms with E-state index in [2.05, 4.69) is 65.1 Å². The molecule has 94 valence electrons. The average molecular weight is 232 g/mol. The molecule has 0 amide bonds. The first-order chi connectivity index (χ1) is 7.81. The van der Waals surface area contributed by atoms with Crippen molar-refractivity contribution in [3.8, 4) is 0 Å². The fourth-order valence-electron chi connectivity index (χ4n) is 3.65. The van der Waals surface area contributed by atoms with Gasteiger partial charge in [-0.3, -0.25) is 4.48 Å². The van der Waals surface area contributed by atoms with Gasteiger partial charge in [-0.05, 0) is 46.2 Å². The van der Waals surface area contributed by atoms with Crippen molar-refractivity contribution < 1.29 is 0 Å². The van der Waals surface area contributed by atoms with Crippen molar-refractivity contribution in [3.05, 3.63) is 30.3 Å². The fraction of sp³-hybridized carbons (Fsp3) is 0.625. The van der Waals surface area contributed by atoms with Crippen LogP contribution in [0.3, 0.4) is 0 Å². The predicted octanol–water partition coefficient (Wildman–Crippen LogP) is 4.36. The molecule has 0 spiro atoms. The smallest absolute Gasteiger partial charge is 0.133 e. The molecule has 0 bridgehead atoms. The van der Waals surface area contributed by atoms with Crippen LogP contribution >= 0.6 is 0 Å². The molecule has 0 aliphatic carbocycles. The summed E-state index contributed by atoms with van der Waals surface area (Å²) in [7, 11) is 2.41. The molecule has 0 radical (unpaired) electrons. The molecule has 2 rings (SSSR count). The number of hydrogen-bond acceptors (Lipinski definition) is 0. The number of benzene rings is 1. The summed E-state index contributed by atoms with van der Waals surface area (Å²) in [4.78, 5) is 0. The van der Waals surface area contributed by atoms with E-state index in [4.69, 9.17) is 0 Å². The molecule has 1 nitrogen and oxygen atoms in total. The van der Waals surface area contributed by atoms with Gasteiger partial charge in [0.05, 0.1) is 18.1 Å². The lowest BCUT2D eigenvalue weighted by molar-refractivity contribution is 0.00455. The summed E-state index contributed by atoms with van der Waals surface area (Å²) in [5.41, 5.74) is 2.06.